The number of hydrogen-bond acceptors (Lipinski definition) is 4. The van der Waals surface area contributed by atoms with Crippen LogP contribution >= 0.6 is 11.8 Å². The summed E-state index contributed by atoms with van der Waals surface area (Å²) in [6.45, 7) is 5.48. The van der Waals surface area contributed by atoms with E-state index < -0.39 is 10.0 Å². The maximum Gasteiger partial charge on any atom is 0.252 e. The lowest BCUT2D eigenvalue weighted by molar-refractivity contribution is 0.0951. The molecular formula is C28H31FN2O3S2. The highest BCUT2D eigenvalue weighted by Gasteiger charge is 2.32. The van der Waals surface area contributed by atoms with Gasteiger partial charge in [-0.15, -0.1) is 0 Å². The molecule has 1 heterocycles. The van der Waals surface area contributed by atoms with Gasteiger partial charge in [-0.3, -0.25) is 4.79 Å². The summed E-state index contributed by atoms with van der Waals surface area (Å²) < 4.78 is 41.9. The zero-order valence-corrected chi connectivity index (χ0v) is 22.1. The van der Waals surface area contributed by atoms with Crippen molar-refractivity contribution in [2.24, 2.45) is 11.8 Å². The van der Waals surface area contributed by atoms with E-state index in [2.05, 4.69) is 19.2 Å². The van der Waals surface area contributed by atoms with Crippen LogP contribution in [0.3, 0.4) is 0 Å². The minimum atomic E-state index is -3.75. The lowest BCUT2D eigenvalue weighted by Gasteiger charge is -2.34. The molecule has 3 aromatic carbocycles. The average Bonchev–Trinajstić information content (AvgIpc) is 2.85. The fraction of sp³-hybridized carbons (Fsp3) is 0.321. The van der Waals surface area contributed by atoms with E-state index in [9.17, 15) is 17.6 Å². The molecule has 1 aliphatic heterocycles. The number of carbonyl (C=O) groups is 1. The fourth-order valence-electron chi connectivity index (χ4n) is 4.58. The molecule has 8 heteroatoms. The third-order valence-electron chi connectivity index (χ3n) is 6.25. The van der Waals surface area contributed by atoms with Crippen molar-refractivity contribution in [3.05, 3.63) is 89.7 Å². The summed E-state index contributed by atoms with van der Waals surface area (Å²) >= 11 is 1.30. The average molecular weight is 527 g/mol. The summed E-state index contributed by atoms with van der Waals surface area (Å²) in [4.78, 5) is 14.7. The number of amides is 1. The van der Waals surface area contributed by atoms with Crippen LogP contribution in [-0.4, -0.2) is 38.3 Å². The second kappa shape index (κ2) is 11.6. The first-order valence-electron chi connectivity index (χ1n) is 12.1. The van der Waals surface area contributed by atoms with Crippen molar-refractivity contribution in [2.45, 2.75) is 41.4 Å². The minimum absolute atomic E-state index is 0.112. The van der Waals surface area contributed by atoms with E-state index >= 15 is 0 Å². The monoisotopic (exact) mass is 526 g/mol. The van der Waals surface area contributed by atoms with Gasteiger partial charge in [0.25, 0.3) is 5.91 Å². The lowest BCUT2D eigenvalue weighted by Crippen LogP contribution is -2.42. The van der Waals surface area contributed by atoms with Gasteiger partial charge in [0.05, 0.1) is 10.5 Å². The van der Waals surface area contributed by atoms with Crippen LogP contribution in [0.4, 0.5) is 4.39 Å². The molecular weight excluding hydrogens is 495 g/mol. The van der Waals surface area contributed by atoms with E-state index in [4.69, 9.17) is 0 Å². The number of sulfonamides is 1. The van der Waals surface area contributed by atoms with E-state index in [0.29, 0.717) is 31.0 Å². The van der Waals surface area contributed by atoms with Crippen molar-refractivity contribution in [1.82, 2.24) is 9.62 Å². The predicted octanol–water partition coefficient (Wildman–Crippen LogP) is 5.62. The Bertz CT molecular complexity index is 1290. The Morgan fingerprint density at radius 1 is 1.00 bits per heavy atom. The van der Waals surface area contributed by atoms with Crippen molar-refractivity contribution in [2.75, 3.05) is 19.6 Å². The molecule has 0 saturated carbocycles. The van der Waals surface area contributed by atoms with Crippen molar-refractivity contribution >= 4 is 27.7 Å². The Labute approximate surface area is 217 Å². The van der Waals surface area contributed by atoms with Gasteiger partial charge in [-0.1, -0.05) is 55.9 Å². The second-order valence-electron chi connectivity index (χ2n) is 9.47. The van der Waals surface area contributed by atoms with Crippen LogP contribution in [0.15, 0.2) is 87.5 Å². The van der Waals surface area contributed by atoms with E-state index in [1.807, 2.05) is 30.3 Å². The standard InChI is InChI=1S/C28H31FN2O3S2/c1-20-16-21(2)19-31(18-20)36(33,34)25-12-13-27(35-24-10-8-23(29)9-11-24)26(17-25)28(32)30-15-14-22-6-4-3-5-7-22/h3-13,17,20-21H,14-16,18-19H2,1-2H3,(H,30,32)/t20-,21-/m1/s1. The van der Waals surface area contributed by atoms with Gasteiger partial charge in [0, 0.05) is 29.4 Å². The van der Waals surface area contributed by atoms with Gasteiger partial charge in [0.1, 0.15) is 5.82 Å². The van der Waals surface area contributed by atoms with Crippen LogP contribution in [0.5, 0.6) is 0 Å². The number of piperidine rings is 1. The largest absolute Gasteiger partial charge is 0.352 e. The van der Waals surface area contributed by atoms with Crippen LogP contribution < -0.4 is 5.32 Å². The van der Waals surface area contributed by atoms with Gasteiger partial charge < -0.3 is 5.32 Å². The molecule has 0 aromatic heterocycles. The minimum Gasteiger partial charge on any atom is -0.352 e. The maximum absolute atomic E-state index is 13.5. The Kier molecular flexibility index (Phi) is 8.49. The molecule has 1 aliphatic rings. The van der Waals surface area contributed by atoms with E-state index in [1.54, 1.807) is 24.3 Å². The SMILES string of the molecule is C[C@@H]1C[C@@H](C)CN(S(=O)(=O)c2ccc(Sc3ccc(F)cc3)c(C(=O)NCCc3ccccc3)c2)C1. The zero-order chi connectivity index (χ0) is 25.7. The summed E-state index contributed by atoms with van der Waals surface area (Å²) in [5, 5.41) is 2.93. The normalized spacial score (nSPS) is 18.6. The van der Waals surface area contributed by atoms with Gasteiger partial charge in [-0.05, 0) is 72.7 Å². The zero-order valence-electron chi connectivity index (χ0n) is 20.5. The summed E-state index contributed by atoms with van der Waals surface area (Å²) in [6.07, 6.45) is 1.66. The summed E-state index contributed by atoms with van der Waals surface area (Å²) in [5.41, 5.74) is 1.39. The van der Waals surface area contributed by atoms with Gasteiger partial charge in [0.2, 0.25) is 10.0 Å². The Balaban J connectivity index is 1.61. The van der Waals surface area contributed by atoms with Gasteiger partial charge in [0.15, 0.2) is 0 Å². The van der Waals surface area contributed by atoms with Crippen LogP contribution in [-0.2, 0) is 16.4 Å². The fourth-order valence-corrected chi connectivity index (χ4v) is 7.21. The molecule has 0 aliphatic carbocycles. The smallest absolute Gasteiger partial charge is 0.252 e. The molecule has 4 rings (SSSR count). The summed E-state index contributed by atoms with van der Waals surface area (Å²) in [5.74, 6) is -0.132. The first kappa shape index (κ1) is 26.4. The number of carbonyl (C=O) groups excluding carboxylic acids is 1. The topological polar surface area (TPSA) is 66.5 Å². The van der Waals surface area contributed by atoms with Crippen molar-refractivity contribution in [3.8, 4) is 0 Å². The first-order chi connectivity index (χ1) is 17.2. The van der Waals surface area contributed by atoms with E-state index in [1.165, 1.54) is 34.3 Å². The third-order valence-corrected chi connectivity index (χ3v) is 9.16. The Morgan fingerprint density at radius 2 is 1.67 bits per heavy atom. The summed E-state index contributed by atoms with van der Waals surface area (Å²) in [7, 11) is -3.75. The first-order valence-corrected chi connectivity index (χ1v) is 14.4. The molecule has 190 valence electrons. The molecule has 2 atom stereocenters. The number of hydrogen-bond donors (Lipinski definition) is 1. The van der Waals surface area contributed by atoms with Crippen molar-refractivity contribution in [3.63, 3.8) is 0 Å². The molecule has 1 fully saturated rings. The highest BCUT2D eigenvalue weighted by atomic mass is 32.2. The van der Waals surface area contributed by atoms with Crippen molar-refractivity contribution < 1.29 is 17.6 Å². The molecule has 1 saturated heterocycles. The molecule has 36 heavy (non-hydrogen) atoms. The molecule has 0 bridgehead atoms. The molecule has 0 spiro atoms. The maximum atomic E-state index is 13.5. The van der Waals surface area contributed by atoms with Gasteiger partial charge >= 0.3 is 0 Å². The molecule has 0 radical (unpaired) electrons. The van der Waals surface area contributed by atoms with Crippen LogP contribution in [0.25, 0.3) is 0 Å². The van der Waals surface area contributed by atoms with Crippen LogP contribution in [0, 0.1) is 17.7 Å². The number of nitrogens with zero attached hydrogens (tertiary/aromatic N) is 1. The van der Waals surface area contributed by atoms with Crippen LogP contribution in [0.2, 0.25) is 0 Å². The molecule has 1 amide bonds. The summed E-state index contributed by atoms with van der Waals surface area (Å²) in [6, 6.07) is 20.5. The van der Waals surface area contributed by atoms with Crippen LogP contribution in [0.1, 0.15) is 36.2 Å². The quantitative estimate of drug-likeness (QED) is 0.414. The molecule has 5 nitrogen and oxygen atoms in total. The highest BCUT2D eigenvalue weighted by molar-refractivity contribution is 7.99. The number of rotatable bonds is 8. The van der Waals surface area contributed by atoms with Gasteiger partial charge in [-0.25, -0.2) is 12.8 Å². The van der Waals surface area contributed by atoms with E-state index in [-0.39, 0.29) is 34.0 Å². The number of benzene rings is 3. The highest BCUT2D eigenvalue weighted by Crippen LogP contribution is 2.34. The third kappa shape index (κ3) is 6.55. The second-order valence-corrected chi connectivity index (χ2v) is 12.5. The van der Waals surface area contributed by atoms with Crippen molar-refractivity contribution in [1.29, 1.82) is 0 Å². The molecule has 0 unspecified atom stereocenters. The Morgan fingerprint density at radius 3 is 2.33 bits per heavy atom. The number of nitrogens with one attached hydrogen (secondary N) is 1. The molecule has 3 aromatic rings. The lowest BCUT2D eigenvalue weighted by atomic mass is 9.94. The van der Waals surface area contributed by atoms with Gasteiger partial charge in [-0.2, -0.15) is 4.31 Å². The molecule has 1 N–H and O–H groups in total. The Hall–Kier alpha value is -2.68. The predicted molar refractivity (Wildman–Crippen MR) is 141 cm³/mol. The number of halogens is 1. The van der Waals surface area contributed by atoms with E-state index in [0.717, 1.165) is 16.9 Å².